The summed E-state index contributed by atoms with van der Waals surface area (Å²) < 4.78 is 13.2. The normalized spacial score (nSPS) is 10.8. The molecule has 0 radical (unpaired) electrons. The van der Waals surface area contributed by atoms with E-state index < -0.39 is 0 Å². The van der Waals surface area contributed by atoms with E-state index in [9.17, 15) is 4.39 Å². The number of hydrogen-bond acceptors (Lipinski definition) is 4. The molecule has 0 amide bonds. The summed E-state index contributed by atoms with van der Waals surface area (Å²) in [6.07, 6.45) is 1.50. The van der Waals surface area contributed by atoms with E-state index >= 15 is 0 Å². The minimum atomic E-state index is -0.261. The van der Waals surface area contributed by atoms with Gasteiger partial charge in [0.25, 0.3) is 0 Å². The Morgan fingerprint density at radius 1 is 1.05 bits per heavy atom. The summed E-state index contributed by atoms with van der Waals surface area (Å²) in [7, 11) is 0. The molecule has 0 aliphatic rings. The van der Waals surface area contributed by atoms with Gasteiger partial charge in [0.1, 0.15) is 17.2 Å². The summed E-state index contributed by atoms with van der Waals surface area (Å²) in [4.78, 5) is 9.23. The van der Waals surface area contributed by atoms with E-state index in [-0.39, 0.29) is 5.82 Å². The standard InChI is InChI=1S/C14H10FN3S/c15-9-2-1-3-11(6-9)19-14-12-7-10(16)4-5-13(12)17-8-18-14/h1-8H,16H2. The van der Waals surface area contributed by atoms with Crippen LogP contribution in [-0.2, 0) is 0 Å². The van der Waals surface area contributed by atoms with Crippen LogP contribution in [0.3, 0.4) is 0 Å². The van der Waals surface area contributed by atoms with Crippen LogP contribution in [0.15, 0.2) is 58.7 Å². The summed E-state index contributed by atoms with van der Waals surface area (Å²) in [5.41, 5.74) is 7.26. The fraction of sp³-hybridized carbons (Fsp3) is 0. The fourth-order valence-electron chi connectivity index (χ4n) is 1.77. The van der Waals surface area contributed by atoms with Crippen molar-refractivity contribution < 1.29 is 4.39 Å². The van der Waals surface area contributed by atoms with Crippen molar-refractivity contribution in [2.24, 2.45) is 0 Å². The largest absolute Gasteiger partial charge is 0.399 e. The molecule has 0 fully saturated rings. The fourth-order valence-corrected chi connectivity index (χ4v) is 2.69. The molecule has 2 N–H and O–H groups in total. The number of nitrogens with zero attached hydrogens (tertiary/aromatic N) is 2. The number of halogens is 1. The van der Waals surface area contributed by atoms with Crippen molar-refractivity contribution in [1.29, 1.82) is 0 Å². The lowest BCUT2D eigenvalue weighted by molar-refractivity contribution is 0.624. The monoisotopic (exact) mass is 271 g/mol. The molecule has 94 valence electrons. The maximum Gasteiger partial charge on any atom is 0.124 e. The van der Waals surface area contributed by atoms with Crippen LogP contribution < -0.4 is 5.73 Å². The highest BCUT2D eigenvalue weighted by molar-refractivity contribution is 7.99. The van der Waals surface area contributed by atoms with Crippen molar-refractivity contribution in [2.45, 2.75) is 9.92 Å². The second-order valence-corrected chi connectivity index (χ2v) is 5.08. The lowest BCUT2D eigenvalue weighted by Crippen LogP contribution is -1.90. The van der Waals surface area contributed by atoms with Gasteiger partial charge in [0.05, 0.1) is 5.52 Å². The van der Waals surface area contributed by atoms with Gasteiger partial charge < -0.3 is 5.73 Å². The minimum absolute atomic E-state index is 0.261. The van der Waals surface area contributed by atoms with Gasteiger partial charge in [0.15, 0.2) is 0 Å². The summed E-state index contributed by atoms with van der Waals surface area (Å²) in [6.45, 7) is 0. The molecular formula is C14H10FN3S. The third-order valence-corrected chi connectivity index (χ3v) is 3.64. The SMILES string of the molecule is Nc1ccc2ncnc(Sc3cccc(F)c3)c2c1. The molecule has 3 aromatic rings. The van der Waals surface area contributed by atoms with E-state index in [1.165, 1.54) is 30.2 Å². The quantitative estimate of drug-likeness (QED) is 0.572. The number of fused-ring (bicyclic) bond motifs is 1. The minimum Gasteiger partial charge on any atom is -0.399 e. The Kier molecular flexibility index (Phi) is 3.05. The second-order valence-electron chi connectivity index (χ2n) is 4.01. The van der Waals surface area contributed by atoms with Crippen LogP contribution in [0.4, 0.5) is 10.1 Å². The molecule has 19 heavy (non-hydrogen) atoms. The number of rotatable bonds is 2. The molecule has 0 atom stereocenters. The molecule has 1 heterocycles. The van der Waals surface area contributed by atoms with Crippen molar-refractivity contribution in [3.63, 3.8) is 0 Å². The highest BCUT2D eigenvalue weighted by Crippen LogP contribution is 2.31. The zero-order valence-corrected chi connectivity index (χ0v) is 10.7. The van der Waals surface area contributed by atoms with Gasteiger partial charge in [-0.3, -0.25) is 0 Å². The molecule has 0 saturated carbocycles. The topological polar surface area (TPSA) is 51.8 Å². The Balaban J connectivity index is 2.07. The van der Waals surface area contributed by atoms with Crippen LogP contribution in [0.5, 0.6) is 0 Å². The van der Waals surface area contributed by atoms with Crippen molar-refractivity contribution in [3.8, 4) is 0 Å². The summed E-state index contributed by atoms with van der Waals surface area (Å²) in [6, 6.07) is 11.9. The van der Waals surface area contributed by atoms with Crippen LogP contribution >= 0.6 is 11.8 Å². The molecule has 0 aliphatic heterocycles. The van der Waals surface area contributed by atoms with Crippen LogP contribution in [0, 0.1) is 5.82 Å². The maximum atomic E-state index is 13.2. The van der Waals surface area contributed by atoms with Gasteiger partial charge in [-0.25, -0.2) is 14.4 Å². The van der Waals surface area contributed by atoms with Crippen molar-refractivity contribution in [2.75, 3.05) is 5.73 Å². The van der Waals surface area contributed by atoms with Gasteiger partial charge in [0.2, 0.25) is 0 Å². The van der Waals surface area contributed by atoms with Gasteiger partial charge in [-0.05, 0) is 36.4 Å². The lowest BCUT2D eigenvalue weighted by atomic mass is 10.2. The molecule has 3 rings (SSSR count). The molecule has 0 saturated heterocycles. The number of benzene rings is 2. The summed E-state index contributed by atoms with van der Waals surface area (Å²) in [5, 5.41) is 1.64. The van der Waals surface area contributed by atoms with Crippen LogP contribution in [0.2, 0.25) is 0 Å². The molecule has 0 unspecified atom stereocenters. The van der Waals surface area contributed by atoms with Crippen LogP contribution in [0.1, 0.15) is 0 Å². The molecule has 0 bridgehead atoms. The first kappa shape index (κ1) is 11.9. The molecule has 0 aliphatic carbocycles. The van der Waals surface area contributed by atoms with Crippen molar-refractivity contribution >= 4 is 28.4 Å². The molecule has 5 heteroatoms. The lowest BCUT2D eigenvalue weighted by Gasteiger charge is -2.05. The third kappa shape index (κ3) is 2.51. The maximum absolute atomic E-state index is 13.2. The van der Waals surface area contributed by atoms with Gasteiger partial charge >= 0.3 is 0 Å². The van der Waals surface area contributed by atoms with Crippen molar-refractivity contribution in [1.82, 2.24) is 9.97 Å². The highest BCUT2D eigenvalue weighted by Gasteiger charge is 2.06. The molecular weight excluding hydrogens is 261 g/mol. The predicted octanol–water partition coefficient (Wildman–Crippen LogP) is 3.50. The van der Waals surface area contributed by atoms with E-state index in [2.05, 4.69) is 9.97 Å². The van der Waals surface area contributed by atoms with Gasteiger partial charge in [0, 0.05) is 16.0 Å². The highest BCUT2D eigenvalue weighted by atomic mass is 32.2. The molecule has 1 aromatic heterocycles. The number of nitrogen functional groups attached to an aromatic ring is 1. The summed E-state index contributed by atoms with van der Waals surface area (Å²) in [5.74, 6) is -0.261. The van der Waals surface area contributed by atoms with E-state index in [4.69, 9.17) is 5.73 Å². The van der Waals surface area contributed by atoms with E-state index in [1.807, 2.05) is 18.2 Å². The van der Waals surface area contributed by atoms with Crippen LogP contribution in [-0.4, -0.2) is 9.97 Å². The Labute approximate surface area is 113 Å². The van der Waals surface area contributed by atoms with Gasteiger partial charge in [-0.1, -0.05) is 17.8 Å². The Morgan fingerprint density at radius 3 is 2.79 bits per heavy atom. The Hall–Kier alpha value is -2.14. The van der Waals surface area contributed by atoms with E-state index in [0.717, 1.165) is 20.8 Å². The van der Waals surface area contributed by atoms with Crippen LogP contribution in [0.25, 0.3) is 10.9 Å². The zero-order chi connectivity index (χ0) is 13.2. The number of aromatic nitrogens is 2. The molecule has 2 aromatic carbocycles. The second kappa shape index (κ2) is 4.85. The van der Waals surface area contributed by atoms with Gasteiger partial charge in [-0.2, -0.15) is 0 Å². The van der Waals surface area contributed by atoms with Crippen molar-refractivity contribution in [3.05, 3.63) is 54.6 Å². The first-order chi connectivity index (χ1) is 9.22. The first-order valence-electron chi connectivity index (χ1n) is 5.66. The predicted molar refractivity (Wildman–Crippen MR) is 74.5 cm³/mol. The average Bonchev–Trinajstić information content (AvgIpc) is 2.39. The Morgan fingerprint density at radius 2 is 1.95 bits per heavy atom. The smallest absolute Gasteiger partial charge is 0.124 e. The Bertz CT molecular complexity index is 746. The van der Waals surface area contributed by atoms with E-state index in [0.29, 0.717) is 5.69 Å². The van der Waals surface area contributed by atoms with Gasteiger partial charge in [-0.15, -0.1) is 0 Å². The number of nitrogens with two attached hydrogens (primary N) is 1. The third-order valence-electron chi connectivity index (χ3n) is 2.63. The zero-order valence-electron chi connectivity index (χ0n) is 9.88. The van der Waals surface area contributed by atoms with E-state index in [1.54, 1.807) is 12.1 Å². The number of hydrogen-bond donors (Lipinski definition) is 1. The first-order valence-corrected chi connectivity index (χ1v) is 6.48. The molecule has 3 nitrogen and oxygen atoms in total. The summed E-state index contributed by atoms with van der Waals surface area (Å²) >= 11 is 1.39. The average molecular weight is 271 g/mol. The number of anilines is 1. The molecule has 0 spiro atoms.